The van der Waals surface area contributed by atoms with Gasteiger partial charge in [-0.25, -0.2) is 13.2 Å². The maximum absolute atomic E-state index is 12.7. The number of Topliss-reactive ketones (excluding diaryl/α,β-unsaturated/α-hetero) is 1. The number of esters is 1. The smallest absolute Gasteiger partial charge is 0.338 e. The second kappa shape index (κ2) is 8.77. The quantitative estimate of drug-likeness (QED) is 0.493. The van der Waals surface area contributed by atoms with Gasteiger partial charge in [-0.05, 0) is 43.7 Å². The van der Waals surface area contributed by atoms with Crippen molar-refractivity contribution in [3.8, 4) is 0 Å². The summed E-state index contributed by atoms with van der Waals surface area (Å²) in [4.78, 5) is 26.1. The van der Waals surface area contributed by atoms with E-state index in [1.165, 1.54) is 27.8 Å². The van der Waals surface area contributed by atoms with Gasteiger partial charge in [0.2, 0.25) is 15.8 Å². The molecule has 6 nitrogen and oxygen atoms in total. The third kappa shape index (κ3) is 4.82. The van der Waals surface area contributed by atoms with Crippen LogP contribution >= 0.6 is 11.3 Å². The third-order valence-corrected chi connectivity index (χ3v) is 7.21. The molecule has 0 spiro atoms. The minimum Gasteiger partial charge on any atom is -0.454 e. The Balaban J connectivity index is 2.20. The first-order chi connectivity index (χ1) is 12.7. The molecule has 2 rings (SSSR count). The van der Waals surface area contributed by atoms with E-state index < -0.39 is 16.0 Å². The van der Waals surface area contributed by atoms with Crippen LogP contribution in [-0.4, -0.2) is 44.2 Å². The van der Waals surface area contributed by atoms with Crippen molar-refractivity contribution in [1.82, 2.24) is 4.31 Å². The maximum atomic E-state index is 12.7. The van der Waals surface area contributed by atoms with Gasteiger partial charge in [0.1, 0.15) is 0 Å². The molecule has 0 fully saturated rings. The first-order valence-corrected chi connectivity index (χ1v) is 10.8. The second-order valence-electron chi connectivity index (χ2n) is 5.98. The lowest BCUT2D eigenvalue weighted by molar-refractivity contribution is 0.0475. The highest BCUT2D eigenvalue weighted by molar-refractivity contribution is 7.89. The average Bonchev–Trinajstić information content (AvgIpc) is 3.07. The predicted molar refractivity (Wildman–Crippen MR) is 105 cm³/mol. The van der Waals surface area contributed by atoms with E-state index in [9.17, 15) is 18.0 Å². The highest BCUT2D eigenvalue weighted by atomic mass is 32.2. The zero-order chi connectivity index (χ0) is 20.2. The minimum atomic E-state index is -3.69. The average molecular weight is 410 g/mol. The number of sulfonamides is 1. The van der Waals surface area contributed by atoms with Crippen molar-refractivity contribution in [3.05, 3.63) is 51.2 Å². The lowest BCUT2D eigenvalue weighted by Crippen LogP contribution is -2.30. The van der Waals surface area contributed by atoms with Gasteiger partial charge in [0, 0.05) is 18.0 Å². The summed E-state index contributed by atoms with van der Waals surface area (Å²) in [7, 11) is -3.69. The molecule has 0 saturated carbocycles. The van der Waals surface area contributed by atoms with E-state index in [2.05, 4.69) is 0 Å². The molecule has 2 aromatic rings. The summed E-state index contributed by atoms with van der Waals surface area (Å²) >= 11 is 1.33. The van der Waals surface area contributed by atoms with Gasteiger partial charge in [0.25, 0.3) is 0 Å². The van der Waals surface area contributed by atoms with Crippen LogP contribution in [-0.2, 0) is 14.8 Å². The van der Waals surface area contributed by atoms with Crippen molar-refractivity contribution < 1.29 is 22.7 Å². The number of aryl methyl sites for hydroxylation is 2. The molecule has 1 aromatic heterocycles. The monoisotopic (exact) mass is 409 g/mol. The van der Waals surface area contributed by atoms with Crippen LogP contribution in [0.1, 0.15) is 44.3 Å². The van der Waals surface area contributed by atoms with Crippen molar-refractivity contribution in [2.24, 2.45) is 0 Å². The van der Waals surface area contributed by atoms with Crippen LogP contribution in [0, 0.1) is 13.8 Å². The molecule has 8 heteroatoms. The zero-order valence-electron chi connectivity index (χ0n) is 15.8. The molecule has 0 saturated heterocycles. The molecule has 1 aromatic carbocycles. The van der Waals surface area contributed by atoms with Crippen LogP contribution in [0.15, 0.2) is 35.2 Å². The molecule has 0 amide bonds. The van der Waals surface area contributed by atoms with E-state index in [0.717, 1.165) is 4.88 Å². The molecular formula is C19H23NO5S2. The number of ketones is 1. The molecular weight excluding hydrogens is 386 g/mol. The molecule has 0 aliphatic rings. The Morgan fingerprint density at radius 3 is 2.30 bits per heavy atom. The largest absolute Gasteiger partial charge is 0.454 e. The van der Waals surface area contributed by atoms with Gasteiger partial charge in [-0.15, -0.1) is 11.3 Å². The standard InChI is InChI=1S/C19H23NO5S2/c1-5-20(6-2)27(23,24)15-9-7-13(3)16(11-15)19(22)25-12-17(21)18-10-8-14(4)26-18/h7-11H,5-6,12H2,1-4H3. The van der Waals surface area contributed by atoms with Gasteiger partial charge in [0.15, 0.2) is 6.61 Å². The first-order valence-electron chi connectivity index (χ1n) is 8.58. The summed E-state index contributed by atoms with van der Waals surface area (Å²) in [6, 6.07) is 7.87. The fraction of sp³-hybridized carbons (Fsp3) is 0.368. The number of rotatable bonds is 8. The fourth-order valence-electron chi connectivity index (χ4n) is 2.56. The lowest BCUT2D eigenvalue weighted by atomic mass is 10.1. The molecule has 0 atom stereocenters. The van der Waals surface area contributed by atoms with E-state index in [0.29, 0.717) is 23.5 Å². The number of carbonyl (C=O) groups is 2. The van der Waals surface area contributed by atoms with E-state index in [1.54, 1.807) is 32.9 Å². The molecule has 1 heterocycles. The molecule has 0 N–H and O–H groups in total. The SMILES string of the molecule is CCN(CC)S(=O)(=O)c1ccc(C)c(C(=O)OCC(=O)c2ccc(C)s2)c1. The van der Waals surface area contributed by atoms with Crippen molar-refractivity contribution in [2.75, 3.05) is 19.7 Å². The van der Waals surface area contributed by atoms with Crippen LogP contribution in [0.5, 0.6) is 0 Å². The second-order valence-corrected chi connectivity index (χ2v) is 9.20. The highest BCUT2D eigenvalue weighted by Gasteiger charge is 2.24. The molecule has 0 radical (unpaired) electrons. The Kier molecular flexibility index (Phi) is 6.91. The van der Waals surface area contributed by atoms with E-state index in [-0.39, 0.29) is 22.8 Å². The van der Waals surface area contributed by atoms with Gasteiger partial charge >= 0.3 is 5.97 Å². The highest BCUT2D eigenvalue weighted by Crippen LogP contribution is 2.21. The summed E-state index contributed by atoms with van der Waals surface area (Å²) in [5.74, 6) is -1.00. The summed E-state index contributed by atoms with van der Waals surface area (Å²) in [6.45, 7) is 7.37. The Labute approximate surface area is 163 Å². The van der Waals surface area contributed by atoms with Crippen LogP contribution in [0.25, 0.3) is 0 Å². The number of hydrogen-bond donors (Lipinski definition) is 0. The van der Waals surface area contributed by atoms with Crippen molar-refractivity contribution in [3.63, 3.8) is 0 Å². The van der Waals surface area contributed by atoms with Gasteiger partial charge < -0.3 is 4.74 Å². The molecule has 0 aliphatic carbocycles. The van der Waals surface area contributed by atoms with E-state index >= 15 is 0 Å². The number of ether oxygens (including phenoxy) is 1. The van der Waals surface area contributed by atoms with Crippen molar-refractivity contribution in [1.29, 1.82) is 0 Å². The Hall–Kier alpha value is -2.03. The number of nitrogens with zero attached hydrogens (tertiary/aromatic N) is 1. The Bertz CT molecular complexity index is 943. The van der Waals surface area contributed by atoms with Gasteiger partial charge in [0.05, 0.1) is 15.3 Å². The molecule has 0 unspecified atom stereocenters. The summed E-state index contributed by atoms with van der Waals surface area (Å²) in [5.41, 5.74) is 0.719. The lowest BCUT2D eigenvalue weighted by Gasteiger charge is -2.19. The van der Waals surface area contributed by atoms with Crippen LogP contribution < -0.4 is 0 Å². The van der Waals surface area contributed by atoms with Crippen LogP contribution in [0.2, 0.25) is 0 Å². The zero-order valence-corrected chi connectivity index (χ0v) is 17.4. The van der Waals surface area contributed by atoms with E-state index in [1.807, 2.05) is 13.0 Å². The molecule has 0 bridgehead atoms. The number of benzene rings is 1. The molecule has 0 aliphatic heterocycles. The van der Waals surface area contributed by atoms with Crippen LogP contribution in [0.3, 0.4) is 0 Å². The summed E-state index contributed by atoms with van der Waals surface area (Å²) < 4.78 is 31.7. The van der Waals surface area contributed by atoms with Crippen molar-refractivity contribution >= 4 is 33.1 Å². The predicted octanol–water partition coefficient (Wildman–Crippen LogP) is 3.44. The van der Waals surface area contributed by atoms with Crippen molar-refractivity contribution in [2.45, 2.75) is 32.6 Å². The third-order valence-electron chi connectivity index (χ3n) is 4.12. The maximum Gasteiger partial charge on any atom is 0.338 e. The van der Waals surface area contributed by atoms with Crippen LogP contribution in [0.4, 0.5) is 0 Å². The minimum absolute atomic E-state index is 0.0314. The molecule has 27 heavy (non-hydrogen) atoms. The van der Waals surface area contributed by atoms with E-state index in [4.69, 9.17) is 4.74 Å². The number of carbonyl (C=O) groups excluding carboxylic acids is 2. The number of hydrogen-bond acceptors (Lipinski definition) is 6. The summed E-state index contributed by atoms with van der Waals surface area (Å²) in [5, 5.41) is 0. The van der Waals surface area contributed by atoms with Gasteiger partial charge in [-0.1, -0.05) is 19.9 Å². The normalized spacial score (nSPS) is 11.6. The fourth-order valence-corrected chi connectivity index (χ4v) is 4.84. The van der Waals surface area contributed by atoms with Gasteiger partial charge in [-0.3, -0.25) is 4.79 Å². The Morgan fingerprint density at radius 2 is 1.74 bits per heavy atom. The number of thiophene rings is 1. The molecule has 146 valence electrons. The first kappa shape index (κ1) is 21.3. The topological polar surface area (TPSA) is 80.8 Å². The Morgan fingerprint density at radius 1 is 1.07 bits per heavy atom. The van der Waals surface area contributed by atoms with Gasteiger partial charge in [-0.2, -0.15) is 4.31 Å². The summed E-state index contributed by atoms with van der Waals surface area (Å²) in [6.07, 6.45) is 0.